The van der Waals surface area contributed by atoms with Crippen molar-refractivity contribution < 1.29 is 14.7 Å². The Morgan fingerprint density at radius 2 is 2.24 bits per heavy atom. The fourth-order valence-electron chi connectivity index (χ4n) is 2.96. The smallest absolute Gasteiger partial charge is 0.331 e. The molecule has 4 N–H and O–H groups in total. The van der Waals surface area contributed by atoms with Gasteiger partial charge in [-0.15, -0.1) is 0 Å². The molecular weight excluding hydrogens is 272 g/mol. The minimum absolute atomic E-state index is 0.141. The zero-order chi connectivity index (χ0) is 15.4. The van der Waals surface area contributed by atoms with Crippen molar-refractivity contribution in [2.75, 3.05) is 6.54 Å². The van der Waals surface area contributed by atoms with Crippen LogP contribution in [0.25, 0.3) is 0 Å². The van der Waals surface area contributed by atoms with Gasteiger partial charge in [-0.3, -0.25) is 9.48 Å². The van der Waals surface area contributed by atoms with E-state index in [9.17, 15) is 14.7 Å². The van der Waals surface area contributed by atoms with E-state index in [4.69, 9.17) is 5.73 Å². The highest BCUT2D eigenvalue weighted by Crippen LogP contribution is 2.30. The summed E-state index contributed by atoms with van der Waals surface area (Å²) in [6.07, 6.45) is 6.82. The van der Waals surface area contributed by atoms with Gasteiger partial charge >= 0.3 is 5.97 Å². The van der Waals surface area contributed by atoms with Crippen LogP contribution in [0.5, 0.6) is 0 Å². The van der Waals surface area contributed by atoms with E-state index in [2.05, 4.69) is 10.4 Å². The summed E-state index contributed by atoms with van der Waals surface area (Å²) in [7, 11) is 1.70. The van der Waals surface area contributed by atoms with Crippen LogP contribution in [0.1, 0.15) is 37.3 Å². The summed E-state index contributed by atoms with van der Waals surface area (Å²) >= 11 is 0. The SMILES string of the molecule is Cn1cc(C(NC(=O)C2CCCCC2CN)C(=O)O)cn1. The lowest BCUT2D eigenvalue weighted by Crippen LogP contribution is -2.42. The van der Waals surface area contributed by atoms with Gasteiger partial charge in [0.1, 0.15) is 0 Å². The van der Waals surface area contributed by atoms with E-state index in [1.807, 2.05) is 0 Å². The fourth-order valence-corrected chi connectivity index (χ4v) is 2.96. The summed E-state index contributed by atoms with van der Waals surface area (Å²) in [5, 5.41) is 15.9. The Balaban J connectivity index is 2.09. The first-order valence-electron chi connectivity index (χ1n) is 7.24. The molecule has 7 nitrogen and oxygen atoms in total. The van der Waals surface area contributed by atoms with Gasteiger partial charge in [0.25, 0.3) is 0 Å². The summed E-state index contributed by atoms with van der Waals surface area (Å²) in [6, 6.07) is -1.06. The van der Waals surface area contributed by atoms with Crippen LogP contribution < -0.4 is 11.1 Å². The number of nitrogens with zero attached hydrogens (tertiary/aromatic N) is 2. The Morgan fingerprint density at radius 3 is 2.81 bits per heavy atom. The van der Waals surface area contributed by atoms with Gasteiger partial charge in [0, 0.05) is 24.7 Å². The number of aryl methyl sites for hydroxylation is 1. The van der Waals surface area contributed by atoms with Crippen molar-refractivity contribution in [3.05, 3.63) is 18.0 Å². The summed E-state index contributed by atoms with van der Waals surface area (Å²) in [6.45, 7) is 0.461. The first-order valence-corrected chi connectivity index (χ1v) is 7.24. The van der Waals surface area contributed by atoms with E-state index in [1.165, 1.54) is 10.9 Å². The molecule has 1 aromatic heterocycles. The molecule has 0 spiro atoms. The van der Waals surface area contributed by atoms with E-state index in [0.717, 1.165) is 25.7 Å². The predicted molar refractivity (Wildman–Crippen MR) is 76.2 cm³/mol. The van der Waals surface area contributed by atoms with E-state index in [-0.39, 0.29) is 17.7 Å². The molecule has 1 saturated carbocycles. The van der Waals surface area contributed by atoms with Crippen molar-refractivity contribution in [1.29, 1.82) is 0 Å². The van der Waals surface area contributed by atoms with Crippen molar-refractivity contribution in [3.63, 3.8) is 0 Å². The first kappa shape index (κ1) is 15.5. The zero-order valence-corrected chi connectivity index (χ0v) is 12.2. The highest BCUT2D eigenvalue weighted by atomic mass is 16.4. The lowest BCUT2D eigenvalue weighted by Gasteiger charge is -2.30. The van der Waals surface area contributed by atoms with Crippen LogP contribution in [0, 0.1) is 11.8 Å². The van der Waals surface area contributed by atoms with Crippen LogP contribution in [0.4, 0.5) is 0 Å². The molecule has 116 valence electrons. The molecule has 0 saturated heterocycles. The standard InChI is InChI=1S/C14H22N4O3/c1-18-8-10(7-16-18)12(14(20)21)17-13(19)11-5-3-2-4-9(11)6-15/h7-9,11-12H,2-6,15H2,1H3,(H,17,19)(H,20,21). The largest absolute Gasteiger partial charge is 0.479 e. The number of hydrogen-bond acceptors (Lipinski definition) is 4. The number of carbonyl (C=O) groups excluding carboxylic acids is 1. The van der Waals surface area contributed by atoms with Crippen LogP contribution in [-0.2, 0) is 16.6 Å². The average molecular weight is 294 g/mol. The van der Waals surface area contributed by atoms with Gasteiger partial charge in [-0.05, 0) is 25.3 Å². The van der Waals surface area contributed by atoms with Crippen molar-refractivity contribution in [1.82, 2.24) is 15.1 Å². The van der Waals surface area contributed by atoms with Gasteiger partial charge in [0.15, 0.2) is 6.04 Å². The van der Waals surface area contributed by atoms with Crippen molar-refractivity contribution in [2.45, 2.75) is 31.7 Å². The summed E-state index contributed by atoms with van der Waals surface area (Å²) in [5.41, 5.74) is 6.20. The highest BCUT2D eigenvalue weighted by Gasteiger charge is 2.33. The Bertz CT molecular complexity index is 514. The molecule has 7 heteroatoms. The van der Waals surface area contributed by atoms with E-state index in [1.54, 1.807) is 13.2 Å². The van der Waals surface area contributed by atoms with E-state index >= 15 is 0 Å². The third kappa shape index (κ3) is 3.60. The quantitative estimate of drug-likeness (QED) is 0.729. The van der Waals surface area contributed by atoms with Crippen LogP contribution in [0.2, 0.25) is 0 Å². The molecule has 3 atom stereocenters. The number of rotatable bonds is 5. The zero-order valence-electron chi connectivity index (χ0n) is 12.2. The molecule has 3 unspecified atom stereocenters. The van der Waals surface area contributed by atoms with E-state index in [0.29, 0.717) is 12.1 Å². The Labute approximate surface area is 123 Å². The van der Waals surface area contributed by atoms with Crippen molar-refractivity contribution >= 4 is 11.9 Å². The number of hydrogen-bond donors (Lipinski definition) is 3. The number of aliphatic carboxylic acids is 1. The lowest BCUT2D eigenvalue weighted by molar-refractivity contribution is -0.143. The van der Waals surface area contributed by atoms with Crippen molar-refractivity contribution in [2.24, 2.45) is 24.6 Å². The van der Waals surface area contributed by atoms with Gasteiger partial charge in [0.2, 0.25) is 5.91 Å². The molecular formula is C14H22N4O3. The second-order valence-electron chi connectivity index (χ2n) is 5.61. The Hall–Kier alpha value is -1.89. The molecule has 0 aromatic carbocycles. The van der Waals surface area contributed by atoms with Gasteiger partial charge in [-0.2, -0.15) is 5.10 Å². The number of carboxylic acids is 1. The number of carbonyl (C=O) groups is 2. The maximum atomic E-state index is 12.4. The van der Waals surface area contributed by atoms with Crippen molar-refractivity contribution in [3.8, 4) is 0 Å². The third-order valence-electron chi connectivity index (χ3n) is 4.14. The molecule has 0 radical (unpaired) electrons. The predicted octanol–water partition coefficient (Wildman–Crippen LogP) is 0.427. The first-order chi connectivity index (χ1) is 10.0. The minimum atomic E-state index is -1.09. The van der Waals surface area contributed by atoms with Gasteiger partial charge in [0.05, 0.1) is 6.20 Å². The van der Waals surface area contributed by atoms with E-state index < -0.39 is 12.0 Å². The maximum Gasteiger partial charge on any atom is 0.331 e. The van der Waals surface area contributed by atoms with Gasteiger partial charge < -0.3 is 16.2 Å². The van der Waals surface area contributed by atoms with Crippen LogP contribution in [-0.4, -0.2) is 33.3 Å². The number of nitrogens with one attached hydrogen (secondary N) is 1. The molecule has 21 heavy (non-hydrogen) atoms. The fraction of sp³-hybridized carbons (Fsp3) is 0.643. The van der Waals surface area contributed by atoms with Crippen LogP contribution >= 0.6 is 0 Å². The summed E-state index contributed by atoms with van der Waals surface area (Å²) in [4.78, 5) is 23.8. The lowest BCUT2D eigenvalue weighted by atomic mass is 9.78. The van der Waals surface area contributed by atoms with Gasteiger partial charge in [-0.25, -0.2) is 4.79 Å². The number of nitrogens with two attached hydrogens (primary N) is 1. The maximum absolute atomic E-state index is 12.4. The molecule has 2 rings (SSSR count). The molecule has 0 bridgehead atoms. The highest BCUT2D eigenvalue weighted by molar-refractivity contribution is 5.86. The Morgan fingerprint density at radius 1 is 1.52 bits per heavy atom. The second-order valence-corrected chi connectivity index (χ2v) is 5.61. The summed E-state index contributed by atoms with van der Waals surface area (Å²) < 4.78 is 1.51. The second kappa shape index (κ2) is 6.71. The topological polar surface area (TPSA) is 110 Å². The Kier molecular flexibility index (Phi) is 4.95. The molecule has 1 amide bonds. The average Bonchev–Trinajstić information content (AvgIpc) is 2.90. The van der Waals surface area contributed by atoms with Crippen LogP contribution in [0.15, 0.2) is 12.4 Å². The normalized spacial score (nSPS) is 23.5. The minimum Gasteiger partial charge on any atom is -0.479 e. The molecule has 1 heterocycles. The summed E-state index contributed by atoms with van der Waals surface area (Å²) in [5.74, 6) is -1.36. The molecule has 1 aliphatic rings. The molecule has 0 aliphatic heterocycles. The number of amides is 1. The molecule has 1 aliphatic carbocycles. The molecule has 1 fully saturated rings. The third-order valence-corrected chi connectivity index (χ3v) is 4.14. The number of aromatic nitrogens is 2. The number of carboxylic acid groups (broad SMARTS) is 1. The van der Waals surface area contributed by atoms with Gasteiger partial charge in [-0.1, -0.05) is 12.8 Å². The monoisotopic (exact) mass is 294 g/mol. The van der Waals surface area contributed by atoms with Crippen LogP contribution in [0.3, 0.4) is 0 Å². The molecule has 1 aromatic rings.